The quantitative estimate of drug-likeness (QED) is 0.230. The van der Waals surface area contributed by atoms with Crippen molar-refractivity contribution < 1.29 is 23.5 Å². The number of carboxylic acids is 1. The van der Waals surface area contributed by atoms with Crippen LogP contribution < -0.4 is 5.32 Å². The molecule has 0 aliphatic heterocycles. The first kappa shape index (κ1) is 25.9. The topological polar surface area (TPSA) is 84.2 Å². The third-order valence-corrected chi connectivity index (χ3v) is 7.02. The highest BCUT2D eigenvalue weighted by atomic mass is 19.1. The van der Waals surface area contributed by atoms with Gasteiger partial charge in [0.25, 0.3) is 5.91 Å². The van der Waals surface area contributed by atoms with E-state index in [1.165, 1.54) is 12.1 Å². The highest BCUT2D eigenvalue weighted by Gasteiger charge is 2.19. The second-order valence-electron chi connectivity index (χ2n) is 9.75. The summed E-state index contributed by atoms with van der Waals surface area (Å²) in [5.41, 5.74) is 3.02. The summed E-state index contributed by atoms with van der Waals surface area (Å²) in [6, 6.07) is 26.7. The Balaban J connectivity index is 1.40. The molecular formula is C33H23F2N3O3. The molecule has 0 saturated heterocycles. The summed E-state index contributed by atoms with van der Waals surface area (Å²) >= 11 is 0. The normalized spacial score (nSPS) is 11.2. The number of hydrogen-bond donors (Lipinski definition) is 2. The predicted octanol–water partition coefficient (Wildman–Crippen LogP) is 6.81. The molecular weight excluding hydrogens is 524 g/mol. The van der Waals surface area contributed by atoms with Crippen molar-refractivity contribution >= 4 is 33.6 Å². The molecule has 1 aromatic heterocycles. The van der Waals surface area contributed by atoms with Gasteiger partial charge in [-0.25, -0.2) is 13.6 Å². The molecule has 6 nitrogen and oxygen atoms in total. The molecule has 0 spiro atoms. The number of aromatic carboxylic acids is 1. The van der Waals surface area contributed by atoms with Crippen LogP contribution >= 0.6 is 0 Å². The van der Waals surface area contributed by atoms with Crippen LogP contribution in [0.5, 0.6) is 0 Å². The van der Waals surface area contributed by atoms with Crippen molar-refractivity contribution in [3.8, 4) is 11.1 Å². The zero-order valence-electron chi connectivity index (χ0n) is 21.6. The van der Waals surface area contributed by atoms with E-state index in [-0.39, 0.29) is 23.2 Å². The van der Waals surface area contributed by atoms with Crippen molar-refractivity contribution in [1.29, 1.82) is 0 Å². The smallest absolute Gasteiger partial charge is 0.335 e. The fourth-order valence-corrected chi connectivity index (χ4v) is 4.95. The molecule has 5 aromatic carbocycles. The van der Waals surface area contributed by atoms with Crippen molar-refractivity contribution in [2.24, 2.45) is 0 Å². The van der Waals surface area contributed by atoms with Gasteiger partial charge in [0.15, 0.2) is 0 Å². The monoisotopic (exact) mass is 547 g/mol. The number of aromatic nitrogens is 2. The lowest BCUT2D eigenvalue weighted by Crippen LogP contribution is -2.24. The van der Waals surface area contributed by atoms with Gasteiger partial charge in [-0.2, -0.15) is 5.10 Å². The number of rotatable bonds is 7. The molecule has 0 radical (unpaired) electrons. The Bertz CT molecular complexity index is 1950. The number of nitrogens with zero attached hydrogens (tertiary/aromatic N) is 2. The van der Waals surface area contributed by atoms with Crippen LogP contribution in [0.2, 0.25) is 0 Å². The molecule has 202 valence electrons. The highest BCUT2D eigenvalue weighted by Crippen LogP contribution is 2.31. The standard InChI is InChI=1S/C33H23F2N3O3/c34-27-11-12-30(35)28(16-27)25-14-26-18-37-38(19-21-7-8-22-3-1-2-4-24(22)13-21)31(26)29(15-25)32(39)36-17-20-5-9-23(10-6-20)33(40)41/h1-16,18H,17,19H2,(H,36,39)(H,40,41). The van der Waals surface area contributed by atoms with Crippen LogP contribution in [0.3, 0.4) is 0 Å². The van der Waals surface area contributed by atoms with Crippen LogP contribution in [0.25, 0.3) is 32.8 Å². The summed E-state index contributed by atoms with van der Waals surface area (Å²) in [7, 11) is 0. The molecule has 0 saturated carbocycles. The molecule has 2 N–H and O–H groups in total. The maximum Gasteiger partial charge on any atom is 0.335 e. The molecule has 1 amide bonds. The lowest BCUT2D eigenvalue weighted by molar-refractivity contribution is 0.0696. The van der Waals surface area contributed by atoms with Crippen molar-refractivity contribution in [3.63, 3.8) is 0 Å². The molecule has 6 aromatic rings. The molecule has 0 aliphatic carbocycles. The average Bonchev–Trinajstić information content (AvgIpc) is 3.39. The highest BCUT2D eigenvalue weighted by molar-refractivity contribution is 6.07. The Labute approximate surface area is 233 Å². The van der Waals surface area contributed by atoms with E-state index in [4.69, 9.17) is 5.11 Å². The number of benzene rings is 5. The van der Waals surface area contributed by atoms with Gasteiger partial charge in [-0.1, -0.05) is 48.5 Å². The van der Waals surface area contributed by atoms with Gasteiger partial charge in [-0.05, 0) is 76.0 Å². The largest absolute Gasteiger partial charge is 0.478 e. The van der Waals surface area contributed by atoms with Crippen molar-refractivity contribution in [2.45, 2.75) is 13.1 Å². The van der Waals surface area contributed by atoms with E-state index < -0.39 is 23.5 Å². The van der Waals surface area contributed by atoms with Crippen LogP contribution in [0.4, 0.5) is 8.78 Å². The number of halogens is 2. The fourth-order valence-electron chi connectivity index (χ4n) is 4.95. The van der Waals surface area contributed by atoms with Crippen LogP contribution in [-0.2, 0) is 13.1 Å². The second kappa shape index (κ2) is 10.7. The Kier molecular flexibility index (Phi) is 6.73. The third-order valence-electron chi connectivity index (χ3n) is 7.02. The van der Waals surface area contributed by atoms with Crippen LogP contribution in [0.1, 0.15) is 31.8 Å². The number of hydrogen-bond acceptors (Lipinski definition) is 3. The molecule has 0 aliphatic rings. The summed E-state index contributed by atoms with van der Waals surface area (Å²) in [5, 5.41) is 19.3. The summed E-state index contributed by atoms with van der Waals surface area (Å²) in [6.45, 7) is 0.524. The fraction of sp³-hybridized carbons (Fsp3) is 0.0606. The molecule has 41 heavy (non-hydrogen) atoms. The van der Waals surface area contributed by atoms with Crippen molar-refractivity contribution in [3.05, 3.63) is 137 Å². The molecule has 0 atom stereocenters. The van der Waals surface area contributed by atoms with E-state index in [0.29, 0.717) is 28.6 Å². The first-order valence-electron chi connectivity index (χ1n) is 12.9. The lowest BCUT2D eigenvalue weighted by atomic mass is 9.99. The van der Waals surface area contributed by atoms with Gasteiger partial charge in [-0.15, -0.1) is 0 Å². The van der Waals surface area contributed by atoms with Gasteiger partial charge in [0.05, 0.1) is 29.4 Å². The van der Waals surface area contributed by atoms with Gasteiger partial charge in [0.2, 0.25) is 0 Å². The minimum Gasteiger partial charge on any atom is -0.478 e. The summed E-state index contributed by atoms with van der Waals surface area (Å²) in [5.74, 6) is -2.68. The van der Waals surface area contributed by atoms with E-state index in [1.54, 1.807) is 35.1 Å². The van der Waals surface area contributed by atoms with Crippen molar-refractivity contribution in [2.75, 3.05) is 0 Å². The molecule has 8 heteroatoms. The summed E-state index contributed by atoms with van der Waals surface area (Å²) < 4.78 is 30.5. The van der Waals surface area contributed by atoms with Gasteiger partial charge >= 0.3 is 5.97 Å². The minimum atomic E-state index is -1.04. The average molecular weight is 548 g/mol. The van der Waals surface area contributed by atoms with Crippen LogP contribution in [-0.4, -0.2) is 26.8 Å². The number of carbonyl (C=O) groups excluding carboxylic acids is 1. The van der Waals surface area contributed by atoms with Gasteiger partial charge in [0.1, 0.15) is 11.6 Å². The number of carbonyl (C=O) groups is 2. The van der Waals surface area contributed by atoms with E-state index >= 15 is 0 Å². The number of nitrogens with one attached hydrogen (secondary N) is 1. The summed E-state index contributed by atoms with van der Waals surface area (Å²) in [6.07, 6.45) is 1.61. The number of fused-ring (bicyclic) bond motifs is 2. The Morgan fingerprint density at radius 3 is 2.34 bits per heavy atom. The number of amides is 1. The first-order chi connectivity index (χ1) is 19.9. The van der Waals surface area contributed by atoms with E-state index in [9.17, 15) is 18.4 Å². The Morgan fingerprint density at radius 1 is 0.805 bits per heavy atom. The van der Waals surface area contributed by atoms with E-state index in [0.717, 1.165) is 34.5 Å². The number of carboxylic acid groups (broad SMARTS) is 1. The van der Waals surface area contributed by atoms with Crippen molar-refractivity contribution in [1.82, 2.24) is 15.1 Å². The SMILES string of the molecule is O=C(O)c1ccc(CNC(=O)c2cc(-c3cc(F)ccc3F)cc3cnn(Cc4ccc5ccccc5c4)c23)cc1. The van der Waals surface area contributed by atoms with Gasteiger partial charge < -0.3 is 10.4 Å². The molecule has 0 bridgehead atoms. The third kappa shape index (κ3) is 5.27. The van der Waals surface area contributed by atoms with Gasteiger partial charge in [0, 0.05) is 17.5 Å². The summed E-state index contributed by atoms with van der Waals surface area (Å²) in [4.78, 5) is 24.8. The van der Waals surface area contributed by atoms with E-state index in [2.05, 4.69) is 16.5 Å². The van der Waals surface area contributed by atoms with Crippen LogP contribution in [0, 0.1) is 11.6 Å². The molecule has 1 heterocycles. The molecule has 0 fully saturated rings. The van der Waals surface area contributed by atoms with Crippen LogP contribution in [0.15, 0.2) is 103 Å². The maximum atomic E-state index is 14.7. The molecule has 0 unspecified atom stereocenters. The molecule has 6 rings (SSSR count). The lowest BCUT2D eigenvalue weighted by Gasteiger charge is -2.13. The Hall–Kier alpha value is -5.37. The maximum absolute atomic E-state index is 14.7. The zero-order valence-corrected chi connectivity index (χ0v) is 21.6. The minimum absolute atomic E-state index is 0.0347. The Morgan fingerprint density at radius 2 is 1.56 bits per heavy atom. The first-order valence-corrected chi connectivity index (χ1v) is 12.9. The van der Waals surface area contributed by atoms with Gasteiger partial charge in [-0.3, -0.25) is 9.48 Å². The second-order valence-corrected chi connectivity index (χ2v) is 9.75. The predicted molar refractivity (Wildman–Crippen MR) is 153 cm³/mol. The zero-order chi connectivity index (χ0) is 28.5. The van der Waals surface area contributed by atoms with E-state index in [1.807, 2.05) is 36.4 Å².